The second-order valence-corrected chi connectivity index (χ2v) is 12.3. The molecule has 0 saturated heterocycles. The molecule has 0 radical (unpaired) electrons. The Bertz CT molecular complexity index is 1960. The van der Waals surface area contributed by atoms with E-state index in [-0.39, 0.29) is 0 Å². The van der Waals surface area contributed by atoms with Gasteiger partial charge in [0.2, 0.25) is 0 Å². The lowest BCUT2D eigenvalue weighted by Crippen LogP contribution is -1.92. The van der Waals surface area contributed by atoms with E-state index in [0.29, 0.717) is 0 Å². The fraction of sp³-hybridized carbons (Fsp3) is 0.143. The molecule has 2 heteroatoms. The maximum absolute atomic E-state index is 3.19. The number of hydrogen-bond acceptors (Lipinski definition) is 2. The van der Waals surface area contributed by atoms with Crippen LogP contribution < -0.4 is 10.6 Å². The van der Waals surface area contributed by atoms with Gasteiger partial charge >= 0.3 is 0 Å². The van der Waals surface area contributed by atoms with Gasteiger partial charge in [-0.15, -0.1) is 0 Å². The highest BCUT2D eigenvalue weighted by atomic mass is 14.8. The number of benzene rings is 6. The SMILES string of the molecule is C1=CCC=C1.C1=Cc2ccccc2C1.CCc1ccccc1NC.CNc1ccccc1-c1ccccc1.c1ccc2c(c1)Cc1ccccc1-2. The summed E-state index contributed by atoms with van der Waals surface area (Å²) in [5.74, 6) is 0. The van der Waals surface area contributed by atoms with Crippen LogP contribution in [0.25, 0.3) is 28.3 Å². The van der Waals surface area contributed by atoms with Crippen molar-refractivity contribution in [3.05, 3.63) is 210 Å². The van der Waals surface area contributed by atoms with Gasteiger partial charge in [-0.2, -0.15) is 0 Å². The number of hydrogen-bond donors (Lipinski definition) is 2. The van der Waals surface area contributed by atoms with Crippen LogP contribution in [0.1, 0.15) is 41.2 Å². The van der Waals surface area contributed by atoms with Crippen molar-refractivity contribution in [3.63, 3.8) is 0 Å². The van der Waals surface area contributed by atoms with Crippen LogP contribution in [-0.2, 0) is 19.3 Å². The van der Waals surface area contributed by atoms with E-state index in [9.17, 15) is 0 Å². The summed E-state index contributed by atoms with van der Waals surface area (Å²) in [6.07, 6.45) is 17.2. The van der Waals surface area contributed by atoms with Gasteiger partial charge in [0.15, 0.2) is 0 Å². The molecule has 6 aromatic rings. The van der Waals surface area contributed by atoms with E-state index >= 15 is 0 Å². The van der Waals surface area contributed by atoms with Crippen LogP contribution in [0.5, 0.6) is 0 Å². The third-order valence-electron chi connectivity index (χ3n) is 9.00. The minimum Gasteiger partial charge on any atom is -0.388 e. The first-order valence-corrected chi connectivity index (χ1v) is 18.0. The number of allylic oxidation sites excluding steroid dienone is 5. The van der Waals surface area contributed by atoms with E-state index < -0.39 is 0 Å². The van der Waals surface area contributed by atoms with E-state index in [2.05, 4.69) is 187 Å². The van der Waals surface area contributed by atoms with Gasteiger partial charge in [0.25, 0.3) is 0 Å². The van der Waals surface area contributed by atoms with E-state index in [1.54, 1.807) is 0 Å². The first-order chi connectivity index (χ1) is 25.2. The molecule has 2 nitrogen and oxygen atoms in total. The second kappa shape index (κ2) is 20.0. The number of para-hydroxylation sites is 2. The normalized spacial score (nSPS) is 11.8. The van der Waals surface area contributed by atoms with Gasteiger partial charge in [-0.05, 0) is 82.3 Å². The van der Waals surface area contributed by atoms with Crippen molar-refractivity contribution in [1.82, 2.24) is 0 Å². The van der Waals surface area contributed by atoms with Crippen LogP contribution >= 0.6 is 0 Å². The Hall–Kier alpha value is -5.86. The molecule has 0 heterocycles. The number of anilines is 2. The Morgan fingerprint density at radius 3 is 1.53 bits per heavy atom. The predicted molar refractivity (Wildman–Crippen MR) is 224 cm³/mol. The standard InChI is InChI=1S/C13H13N.C13H10.C9H13N.C9H8.C5H6/c1-14-13-10-6-5-9-12(13)11-7-3-2-4-8-11;1-3-7-12-10(5-1)9-11-6-2-4-8-13(11)12;1-3-8-6-4-5-7-9(8)10-2;1-2-5-9-7-3-6-8(9)4-1;1-2-4-5-3-1/h2-10,14H,1H3;1-8H,9H2;4-7,10H,3H2,1-2H3;1-6H,7H2;1-4H,5H2. The van der Waals surface area contributed by atoms with Crippen molar-refractivity contribution in [3.8, 4) is 22.3 Å². The number of aryl methyl sites for hydroxylation is 1. The Morgan fingerprint density at radius 1 is 0.471 bits per heavy atom. The molecule has 3 aliphatic rings. The van der Waals surface area contributed by atoms with Gasteiger partial charge in [-0.25, -0.2) is 0 Å². The monoisotopic (exact) mass is 666 g/mol. The average molecular weight is 667 g/mol. The molecule has 0 bridgehead atoms. The zero-order valence-electron chi connectivity index (χ0n) is 30.2. The van der Waals surface area contributed by atoms with Gasteiger partial charge in [0.05, 0.1) is 0 Å². The van der Waals surface area contributed by atoms with Gasteiger partial charge in [0.1, 0.15) is 0 Å². The van der Waals surface area contributed by atoms with Crippen LogP contribution in [-0.4, -0.2) is 14.1 Å². The molecule has 0 unspecified atom stereocenters. The zero-order chi connectivity index (χ0) is 35.5. The van der Waals surface area contributed by atoms with Gasteiger partial charge < -0.3 is 10.6 Å². The lowest BCUT2D eigenvalue weighted by molar-refractivity contribution is 1.14. The van der Waals surface area contributed by atoms with Crippen LogP contribution in [0.15, 0.2) is 182 Å². The number of nitrogens with one attached hydrogen (secondary N) is 2. The van der Waals surface area contributed by atoms with Crippen molar-refractivity contribution < 1.29 is 0 Å². The molecule has 0 spiro atoms. The van der Waals surface area contributed by atoms with Crippen molar-refractivity contribution in [1.29, 1.82) is 0 Å². The highest BCUT2D eigenvalue weighted by Gasteiger charge is 2.15. The summed E-state index contributed by atoms with van der Waals surface area (Å²) in [6.45, 7) is 2.16. The van der Waals surface area contributed by atoms with Gasteiger partial charge in [0, 0.05) is 31.0 Å². The molecule has 0 fully saturated rings. The fourth-order valence-electron chi connectivity index (χ4n) is 6.31. The molecule has 0 atom stereocenters. The molecule has 0 aromatic heterocycles. The highest BCUT2D eigenvalue weighted by molar-refractivity contribution is 5.78. The summed E-state index contributed by atoms with van der Waals surface area (Å²) in [7, 11) is 3.90. The van der Waals surface area contributed by atoms with Crippen molar-refractivity contribution >= 4 is 17.5 Å². The maximum atomic E-state index is 3.19. The summed E-state index contributed by atoms with van der Waals surface area (Å²) in [5, 5.41) is 6.34. The average Bonchev–Trinajstić information content (AvgIpc) is 4.02. The van der Waals surface area contributed by atoms with Crippen molar-refractivity contribution in [2.45, 2.75) is 32.6 Å². The fourth-order valence-corrected chi connectivity index (χ4v) is 6.31. The summed E-state index contributed by atoms with van der Waals surface area (Å²) in [5.41, 5.74) is 14.9. The molecular weight excluding hydrogens is 617 g/mol. The van der Waals surface area contributed by atoms with Crippen molar-refractivity contribution in [2.24, 2.45) is 0 Å². The van der Waals surface area contributed by atoms with Gasteiger partial charge in [-0.3, -0.25) is 0 Å². The lowest BCUT2D eigenvalue weighted by Gasteiger charge is -2.08. The third kappa shape index (κ3) is 10.6. The van der Waals surface area contributed by atoms with E-state index in [0.717, 1.165) is 25.7 Å². The topological polar surface area (TPSA) is 24.1 Å². The Balaban J connectivity index is 0.000000127. The molecule has 51 heavy (non-hydrogen) atoms. The molecule has 3 aliphatic carbocycles. The summed E-state index contributed by atoms with van der Waals surface area (Å²) in [4.78, 5) is 0. The predicted octanol–water partition coefficient (Wildman–Crippen LogP) is 12.7. The molecule has 0 saturated carbocycles. The first-order valence-electron chi connectivity index (χ1n) is 18.0. The molecule has 256 valence electrons. The van der Waals surface area contributed by atoms with Crippen LogP contribution in [0, 0.1) is 0 Å². The minimum absolute atomic E-state index is 1.09. The van der Waals surface area contributed by atoms with E-state index in [1.807, 2.05) is 32.3 Å². The minimum atomic E-state index is 1.09. The molecule has 0 amide bonds. The molecular formula is C49H50N2. The summed E-state index contributed by atoms with van der Waals surface area (Å²) >= 11 is 0. The smallest absolute Gasteiger partial charge is 0.0417 e. The Morgan fingerprint density at radius 2 is 0.980 bits per heavy atom. The van der Waals surface area contributed by atoms with Crippen LogP contribution in [0.3, 0.4) is 0 Å². The molecule has 9 rings (SSSR count). The summed E-state index contributed by atoms with van der Waals surface area (Å²) in [6, 6.07) is 52.9. The largest absolute Gasteiger partial charge is 0.388 e. The van der Waals surface area contributed by atoms with Crippen LogP contribution in [0.2, 0.25) is 0 Å². The number of fused-ring (bicyclic) bond motifs is 4. The van der Waals surface area contributed by atoms with E-state index in [4.69, 9.17) is 0 Å². The Kier molecular flexibility index (Phi) is 14.3. The quantitative estimate of drug-likeness (QED) is 0.195. The summed E-state index contributed by atoms with van der Waals surface area (Å²) < 4.78 is 0. The number of rotatable bonds is 4. The molecule has 6 aromatic carbocycles. The van der Waals surface area contributed by atoms with E-state index in [1.165, 1.54) is 61.4 Å². The zero-order valence-corrected chi connectivity index (χ0v) is 30.2. The first kappa shape index (κ1) is 36.4. The Labute approximate surface area is 305 Å². The second-order valence-electron chi connectivity index (χ2n) is 12.3. The highest BCUT2D eigenvalue weighted by Crippen LogP contribution is 2.35. The van der Waals surface area contributed by atoms with Crippen molar-refractivity contribution in [2.75, 3.05) is 24.7 Å². The molecule has 0 aliphatic heterocycles. The van der Waals surface area contributed by atoms with Crippen LogP contribution in [0.4, 0.5) is 11.4 Å². The maximum Gasteiger partial charge on any atom is 0.0417 e. The van der Waals surface area contributed by atoms with Gasteiger partial charge in [-0.1, -0.05) is 183 Å². The third-order valence-corrected chi connectivity index (χ3v) is 9.00. The lowest BCUT2D eigenvalue weighted by atomic mass is 10.0. The molecule has 2 N–H and O–H groups in total.